The van der Waals surface area contributed by atoms with E-state index in [2.05, 4.69) is 60.6 Å². The summed E-state index contributed by atoms with van der Waals surface area (Å²) in [6.07, 6.45) is 3.35. The third kappa shape index (κ3) is 7.13. The van der Waals surface area contributed by atoms with E-state index in [1.165, 1.54) is 0 Å². The Morgan fingerprint density at radius 2 is 1.42 bits per heavy atom. The second-order valence-electron chi connectivity index (χ2n) is 9.20. The lowest BCUT2D eigenvalue weighted by Gasteiger charge is -2.28. The normalized spacial score (nSPS) is 13.0. The zero-order valence-corrected chi connectivity index (χ0v) is 18.9. The van der Waals surface area contributed by atoms with E-state index in [9.17, 15) is 9.90 Å². The number of carbonyl (C=O) groups is 1. The van der Waals surface area contributed by atoms with Gasteiger partial charge in [-0.25, -0.2) is 0 Å². The fourth-order valence-electron chi connectivity index (χ4n) is 3.09. The molecule has 150 valence electrons. The van der Waals surface area contributed by atoms with Crippen molar-refractivity contribution in [3.63, 3.8) is 0 Å². The summed E-state index contributed by atoms with van der Waals surface area (Å²) in [5, 5.41) is 10.8. The van der Waals surface area contributed by atoms with Crippen LogP contribution < -0.4 is 0 Å². The Hall–Kier alpha value is -1.31. The highest BCUT2D eigenvalue weighted by Gasteiger charge is 2.26. The third-order valence-corrected chi connectivity index (χ3v) is 4.72. The number of rotatable bonds is 6. The summed E-state index contributed by atoms with van der Waals surface area (Å²) in [7, 11) is 0. The molecule has 0 fully saturated rings. The van der Waals surface area contributed by atoms with Gasteiger partial charge in [-0.05, 0) is 40.4 Å². The molecule has 0 spiro atoms. The van der Waals surface area contributed by atoms with E-state index in [4.69, 9.17) is 0 Å². The van der Waals surface area contributed by atoms with E-state index in [-0.39, 0.29) is 16.7 Å². The molecule has 26 heavy (non-hydrogen) atoms. The lowest BCUT2D eigenvalue weighted by Crippen LogP contribution is -2.18. The molecule has 0 bridgehead atoms. The van der Waals surface area contributed by atoms with Crippen molar-refractivity contribution in [2.24, 2.45) is 5.92 Å². The van der Waals surface area contributed by atoms with Crippen LogP contribution in [-0.2, 0) is 22.0 Å². The van der Waals surface area contributed by atoms with Crippen LogP contribution in [0.4, 0.5) is 0 Å². The molecule has 1 aromatic rings. The topological polar surface area (TPSA) is 37.3 Å². The summed E-state index contributed by atoms with van der Waals surface area (Å²) in [5.74, 6) is 0.903. The van der Waals surface area contributed by atoms with Crippen LogP contribution in [0.5, 0.6) is 5.75 Å². The van der Waals surface area contributed by atoms with Crippen molar-refractivity contribution in [2.75, 3.05) is 0 Å². The number of benzene rings is 1. The lowest BCUT2D eigenvalue weighted by molar-refractivity contribution is -0.122. The smallest absolute Gasteiger partial charge is 0.136 e. The molecule has 0 aliphatic heterocycles. The van der Waals surface area contributed by atoms with Crippen LogP contribution in [-0.4, -0.2) is 10.9 Å². The van der Waals surface area contributed by atoms with Crippen molar-refractivity contribution < 1.29 is 9.90 Å². The van der Waals surface area contributed by atoms with E-state index in [0.29, 0.717) is 18.0 Å². The molecular weight excluding hydrogens is 320 g/mol. The number of aromatic hydroxyl groups is 1. The van der Waals surface area contributed by atoms with E-state index in [0.717, 1.165) is 36.0 Å². The van der Waals surface area contributed by atoms with Gasteiger partial charge in [0.1, 0.15) is 11.5 Å². The Bertz CT molecular complexity index is 536. The highest BCUT2D eigenvalue weighted by atomic mass is 16.3. The molecule has 0 radical (unpaired) electrons. The molecule has 1 N–H and O–H groups in total. The van der Waals surface area contributed by atoms with Gasteiger partial charge in [0.25, 0.3) is 0 Å². The van der Waals surface area contributed by atoms with Crippen LogP contribution in [0.3, 0.4) is 0 Å². The molecular formula is C24H42O2. The summed E-state index contributed by atoms with van der Waals surface area (Å²) in [5.41, 5.74) is 2.84. The minimum Gasteiger partial charge on any atom is -0.507 e. The van der Waals surface area contributed by atoms with E-state index >= 15 is 0 Å². The predicted octanol–water partition coefficient (Wildman–Crippen LogP) is 6.95. The Kier molecular flexibility index (Phi) is 9.62. The maximum atomic E-state index is 12.3. The number of phenolic OH excluding ortho intramolecular Hbond substituents is 1. The van der Waals surface area contributed by atoms with Crippen LogP contribution in [0.1, 0.15) is 105 Å². The summed E-state index contributed by atoms with van der Waals surface area (Å²) in [4.78, 5) is 12.3. The highest BCUT2D eigenvalue weighted by Crippen LogP contribution is 2.40. The van der Waals surface area contributed by atoms with Gasteiger partial charge in [0.15, 0.2) is 0 Å². The first kappa shape index (κ1) is 24.7. The SMILES string of the molecule is CC.CCCC(C)C(=O)CCc1cc(C(C)(C)C)c(O)c(C(C)(C)C)c1. The Balaban J connectivity index is 0.00000301. The molecule has 2 nitrogen and oxygen atoms in total. The van der Waals surface area contributed by atoms with Gasteiger partial charge >= 0.3 is 0 Å². The lowest BCUT2D eigenvalue weighted by atomic mass is 9.78. The molecule has 1 rings (SSSR count). The molecule has 0 saturated carbocycles. The molecule has 0 aliphatic carbocycles. The van der Waals surface area contributed by atoms with Gasteiger partial charge in [-0.15, -0.1) is 0 Å². The quantitative estimate of drug-likeness (QED) is 0.594. The van der Waals surface area contributed by atoms with Crippen molar-refractivity contribution in [1.29, 1.82) is 0 Å². The summed E-state index contributed by atoms with van der Waals surface area (Å²) in [6.45, 7) is 20.9. The molecule has 0 amide bonds. The van der Waals surface area contributed by atoms with Crippen molar-refractivity contribution in [2.45, 2.75) is 106 Å². The first-order chi connectivity index (χ1) is 11.9. The Morgan fingerprint density at radius 3 is 1.77 bits per heavy atom. The highest BCUT2D eigenvalue weighted by molar-refractivity contribution is 5.80. The number of phenols is 1. The third-order valence-electron chi connectivity index (χ3n) is 4.72. The molecule has 1 unspecified atom stereocenters. The fraction of sp³-hybridized carbons (Fsp3) is 0.708. The largest absolute Gasteiger partial charge is 0.507 e. The monoisotopic (exact) mass is 362 g/mol. The van der Waals surface area contributed by atoms with Gasteiger partial charge < -0.3 is 5.11 Å². The molecule has 0 saturated heterocycles. The van der Waals surface area contributed by atoms with Gasteiger partial charge in [0.05, 0.1) is 0 Å². The van der Waals surface area contributed by atoms with Crippen molar-refractivity contribution >= 4 is 5.78 Å². The molecule has 2 heteroatoms. The first-order valence-corrected chi connectivity index (χ1v) is 10.3. The van der Waals surface area contributed by atoms with Gasteiger partial charge in [0, 0.05) is 12.3 Å². The van der Waals surface area contributed by atoms with E-state index < -0.39 is 0 Å². The van der Waals surface area contributed by atoms with Gasteiger partial charge in [-0.1, -0.05) is 87.8 Å². The van der Waals surface area contributed by atoms with Crippen molar-refractivity contribution in [3.05, 3.63) is 28.8 Å². The zero-order chi connectivity index (χ0) is 20.7. The number of Topliss-reactive ketones (excluding diaryl/α,β-unsaturated/α-hetero) is 1. The molecule has 1 atom stereocenters. The predicted molar refractivity (Wildman–Crippen MR) is 114 cm³/mol. The number of hydrogen-bond donors (Lipinski definition) is 1. The standard InChI is InChI=1S/C22H36O2.C2H6/c1-9-10-15(2)19(23)12-11-16-13-17(21(3,4)5)20(24)18(14-16)22(6,7)8;1-2/h13-15,24H,9-12H2,1-8H3;1-2H3. The van der Waals surface area contributed by atoms with E-state index in [1.54, 1.807) is 0 Å². The van der Waals surface area contributed by atoms with Gasteiger partial charge in [0.2, 0.25) is 0 Å². The number of carbonyl (C=O) groups excluding carboxylic acids is 1. The average molecular weight is 363 g/mol. The van der Waals surface area contributed by atoms with Crippen molar-refractivity contribution in [3.8, 4) is 5.75 Å². The number of ketones is 1. The summed E-state index contributed by atoms with van der Waals surface area (Å²) < 4.78 is 0. The van der Waals surface area contributed by atoms with Gasteiger partial charge in [-0.2, -0.15) is 0 Å². The maximum Gasteiger partial charge on any atom is 0.136 e. The Morgan fingerprint density at radius 1 is 1.00 bits per heavy atom. The maximum absolute atomic E-state index is 12.3. The van der Waals surface area contributed by atoms with Crippen molar-refractivity contribution in [1.82, 2.24) is 0 Å². The molecule has 0 aliphatic rings. The molecule has 0 heterocycles. The van der Waals surface area contributed by atoms with Crippen LogP contribution >= 0.6 is 0 Å². The summed E-state index contributed by atoms with van der Waals surface area (Å²) in [6, 6.07) is 4.17. The minimum atomic E-state index is -0.125. The minimum absolute atomic E-state index is 0.125. The van der Waals surface area contributed by atoms with Crippen LogP contribution in [0.25, 0.3) is 0 Å². The second kappa shape index (κ2) is 10.1. The number of hydrogen-bond acceptors (Lipinski definition) is 2. The molecule has 1 aromatic carbocycles. The van der Waals surface area contributed by atoms with Crippen LogP contribution in [0.15, 0.2) is 12.1 Å². The van der Waals surface area contributed by atoms with Gasteiger partial charge in [-0.3, -0.25) is 4.79 Å². The summed E-state index contributed by atoms with van der Waals surface area (Å²) >= 11 is 0. The average Bonchev–Trinajstić information content (AvgIpc) is 2.53. The van der Waals surface area contributed by atoms with Crippen LogP contribution in [0, 0.1) is 5.92 Å². The fourth-order valence-corrected chi connectivity index (χ4v) is 3.09. The van der Waals surface area contributed by atoms with E-state index in [1.807, 2.05) is 20.8 Å². The Labute approximate surface area is 162 Å². The molecule has 0 aromatic heterocycles. The number of aryl methyl sites for hydroxylation is 1. The zero-order valence-electron chi connectivity index (χ0n) is 18.9. The van der Waals surface area contributed by atoms with Crippen LogP contribution in [0.2, 0.25) is 0 Å². The second-order valence-corrected chi connectivity index (χ2v) is 9.20. The first-order valence-electron chi connectivity index (χ1n) is 10.3.